The molecule has 3 N–H and O–H groups in total. The lowest BCUT2D eigenvalue weighted by Crippen LogP contribution is -2.20. The minimum atomic E-state index is -0.477. The van der Waals surface area contributed by atoms with Gasteiger partial charge >= 0.3 is 0 Å². The number of benzene rings is 1. The van der Waals surface area contributed by atoms with Crippen LogP contribution in [0.5, 0.6) is 0 Å². The Morgan fingerprint density at radius 3 is 2.78 bits per heavy atom. The maximum absolute atomic E-state index is 11.0. The standard InChI is InChI=1S/C11H16N4O3/c1-3-6-14(2)9-5-4-8(11(12)13-16)7-10(9)15(17)18/h4-5,7,16H,3,6H2,1-2H3,(H2,12,13). The van der Waals surface area contributed by atoms with E-state index in [2.05, 4.69) is 5.16 Å². The zero-order chi connectivity index (χ0) is 13.7. The molecule has 0 atom stereocenters. The second-order valence-corrected chi connectivity index (χ2v) is 3.87. The van der Waals surface area contributed by atoms with E-state index in [4.69, 9.17) is 10.9 Å². The highest BCUT2D eigenvalue weighted by Gasteiger charge is 2.18. The van der Waals surface area contributed by atoms with Gasteiger partial charge in [-0.2, -0.15) is 0 Å². The Morgan fingerprint density at radius 2 is 2.28 bits per heavy atom. The van der Waals surface area contributed by atoms with Crippen LogP contribution in [0.15, 0.2) is 23.4 Å². The number of nitrogens with two attached hydrogens (primary N) is 1. The lowest BCUT2D eigenvalue weighted by molar-refractivity contribution is -0.384. The molecular formula is C11H16N4O3. The molecule has 0 spiro atoms. The normalized spacial score (nSPS) is 11.3. The van der Waals surface area contributed by atoms with Crippen molar-refractivity contribution >= 4 is 17.2 Å². The molecule has 0 saturated heterocycles. The zero-order valence-electron chi connectivity index (χ0n) is 10.3. The van der Waals surface area contributed by atoms with Gasteiger partial charge in [-0.25, -0.2) is 0 Å². The second kappa shape index (κ2) is 5.85. The van der Waals surface area contributed by atoms with Crippen molar-refractivity contribution in [3.8, 4) is 0 Å². The van der Waals surface area contributed by atoms with Crippen LogP contribution in [-0.2, 0) is 0 Å². The number of hydrogen-bond donors (Lipinski definition) is 2. The van der Waals surface area contributed by atoms with Crippen molar-refractivity contribution in [2.45, 2.75) is 13.3 Å². The smallest absolute Gasteiger partial charge is 0.293 e. The minimum Gasteiger partial charge on any atom is -0.409 e. The van der Waals surface area contributed by atoms with Gasteiger partial charge in [-0.1, -0.05) is 12.1 Å². The fourth-order valence-corrected chi connectivity index (χ4v) is 1.67. The van der Waals surface area contributed by atoms with E-state index in [0.717, 1.165) is 6.42 Å². The van der Waals surface area contributed by atoms with E-state index in [-0.39, 0.29) is 11.5 Å². The van der Waals surface area contributed by atoms with Crippen molar-refractivity contribution in [1.29, 1.82) is 0 Å². The molecule has 1 aromatic rings. The number of oxime groups is 1. The molecule has 0 radical (unpaired) electrons. The Kier molecular flexibility index (Phi) is 4.47. The maximum atomic E-state index is 11.0. The number of rotatable bonds is 5. The van der Waals surface area contributed by atoms with E-state index in [0.29, 0.717) is 17.8 Å². The summed E-state index contributed by atoms with van der Waals surface area (Å²) in [5.41, 5.74) is 6.18. The van der Waals surface area contributed by atoms with Crippen LogP contribution in [0, 0.1) is 10.1 Å². The minimum absolute atomic E-state index is 0.0601. The molecule has 0 aliphatic carbocycles. The molecule has 0 aliphatic heterocycles. The van der Waals surface area contributed by atoms with Crippen molar-refractivity contribution in [1.82, 2.24) is 0 Å². The topological polar surface area (TPSA) is 105 Å². The molecule has 1 rings (SSSR count). The van der Waals surface area contributed by atoms with Crippen LogP contribution in [0.1, 0.15) is 18.9 Å². The van der Waals surface area contributed by atoms with Gasteiger partial charge in [0.1, 0.15) is 5.69 Å². The molecule has 0 fully saturated rings. The summed E-state index contributed by atoms with van der Waals surface area (Å²) >= 11 is 0. The van der Waals surface area contributed by atoms with Gasteiger partial charge in [-0.3, -0.25) is 10.1 Å². The van der Waals surface area contributed by atoms with Crippen molar-refractivity contribution in [3.63, 3.8) is 0 Å². The molecule has 0 heterocycles. The van der Waals surface area contributed by atoms with Gasteiger partial charge in [0.05, 0.1) is 4.92 Å². The predicted molar refractivity (Wildman–Crippen MR) is 69.2 cm³/mol. The van der Waals surface area contributed by atoms with Crippen LogP contribution >= 0.6 is 0 Å². The zero-order valence-corrected chi connectivity index (χ0v) is 10.3. The first-order valence-corrected chi connectivity index (χ1v) is 5.48. The molecular weight excluding hydrogens is 236 g/mol. The molecule has 18 heavy (non-hydrogen) atoms. The predicted octanol–water partition coefficient (Wildman–Crippen LogP) is 1.54. The van der Waals surface area contributed by atoms with Crippen molar-refractivity contribution < 1.29 is 10.1 Å². The van der Waals surface area contributed by atoms with E-state index < -0.39 is 4.92 Å². The van der Waals surface area contributed by atoms with Gasteiger partial charge in [0.15, 0.2) is 5.84 Å². The summed E-state index contributed by atoms with van der Waals surface area (Å²) in [5, 5.41) is 22.4. The molecule has 0 aliphatic rings. The van der Waals surface area contributed by atoms with Crippen LogP contribution < -0.4 is 10.6 Å². The number of nitro benzene ring substituents is 1. The first kappa shape index (κ1) is 13.8. The quantitative estimate of drug-likeness (QED) is 0.272. The summed E-state index contributed by atoms with van der Waals surface area (Å²) < 4.78 is 0. The van der Waals surface area contributed by atoms with Crippen molar-refractivity contribution in [3.05, 3.63) is 33.9 Å². The van der Waals surface area contributed by atoms with Crippen LogP contribution in [0.2, 0.25) is 0 Å². The molecule has 98 valence electrons. The average Bonchev–Trinajstić information content (AvgIpc) is 2.37. The Bertz CT molecular complexity index is 473. The number of hydrogen-bond acceptors (Lipinski definition) is 5. The van der Waals surface area contributed by atoms with E-state index in [1.165, 1.54) is 6.07 Å². The van der Waals surface area contributed by atoms with Crippen molar-refractivity contribution in [2.24, 2.45) is 10.9 Å². The third-order valence-electron chi connectivity index (χ3n) is 2.55. The van der Waals surface area contributed by atoms with Gasteiger partial charge in [0, 0.05) is 25.2 Å². The maximum Gasteiger partial charge on any atom is 0.293 e. The van der Waals surface area contributed by atoms with Gasteiger partial charge in [0.2, 0.25) is 0 Å². The highest BCUT2D eigenvalue weighted by molar-refractivity contribution is 5.98. The van der Waals surface area contributed by atoms with E-state index in [1.807, 2.05) is 6.92 Å². The van der Waals surface area contributed by atoms with Gasteiger partial charge in [-0.15, -0.1) is 0 Å². The number of amidine groups is 1. The highest BCUT2D eigenvalue weighted by atomic mass is 16.6. The molecule has 0 aromatic heterocycles. The number of anilines is 1. The first-order valence-electron chi connectivity index (χ1n) is 5.48. The van der Waals surface area contributed by atoms with E-state index in [1.54, 1.807) is 24.1 Å². The van der Waals surface area contributed by atoms with Gasteiger partial charge in [0.25, 0.3) is 5.69 Å². The van der Waals surface area contributed by atoms with Crippen LogP contribution in [0.25, 0.3) is 0 Å². The largest absolute Gasteiger partial charge is 0.409 e. The number of nitrogens with zero attached hydrogens (tertiary/aromatic N) is 3. The molecule has 0 saturated carbocycles. The summed E-state index contributed by atoms with van der Waals surface area (Å²) in [6, 6.07) is 4.49. The lowest BCUT2D eigenvalue weighted by atomic mass is 10.1. The summed E-state index contributed by atoms with van der Waals surface area (Å²) in [4.78, 5) is 12.4. The SMILES string of the molecule is CCCN(C)c1ccc(C(N)=NO)cc1[N+](=O)[O-]. The fraction of sp³-hybridized carbons (Fsp3) is 0.364. The van der Waals surface area contributed by atoms with Crippen molar-refractivity contribution in [2.75, 3.05) is 18.5 Å². The molecule has 7 nitrogen and oxygen atoms in total. The third-order valence-corrected chi connectivity index (χ3v) is 2.55. The van der Waals surface area contributed by atoms with Gasteiger partial charge in [-0.05, 0) is 18.6 Å². The van der Waals surface area contributed by atoms with E-state index >= 15 is 0 Å². The Morgan fingerprint density at radius 1 is 1.61 bits per heavy atom. The fourth-order valence-electron chi connectivity index (χ4n) is 1.67. The lowest BCUT2D eigenvalue weighted by Gasteiger charge is -2.18. The van der Waals surface area contributed by atoms with Crippen LogP contribution in [0.3, 0.4) is 0 Å². The summed E-state index contributed by atoms with van der Waals surface area (Å²) in [6.45, 7) is 2.71. The van der Waals surface area contributed by atoms with Crippen LogP contribution in [-0.4, -0.2) is 29.6 Å². The first-order chi connectivity index (χ1) is 8.51. The summed E-state index contributed by atoms with van der Waals surface area (Å²) in [6.07, 6.45) is 0.885. The summed E-state index contributed by atoms with van der Waals surface area (Å²) in [7, 11) is 1.79. The molecule has 7 heteroatoms. The highest BCUT2D eigenvalue weighted by Crippen LogP contribution is 2.28. The number of nitro groups is 1. The summed E-state index contributed by atoms with van der Waals surface area (Å²) in [5.74, 6) is -0.150. The molecule has 1 aromatic carbocycles. The Balaban J connectivity index is 3.25. The van der Waals surface area contributed by atoms with E-state index in [9.17, 15) is 10.1 Å². The van der Waals surface area contributed by atoms with Crippen LogP contribution in [0.4, 0.5) is 11.4 Å². The molecule has 0 amide bonds. The second-order valence-electron chi connectivity index (χ2n) is 3.87. The Hall–Kier alpha value is -2.31. The third kappa shape index (κ3) is 2.88. The van der Waals surface area contributed by atoms with Gasteiger partial charge < -0.3 is 15.8 Å². The monoisotopic (exact) mass is 252 g/mol. The Labute approximate surface area is 105 Å². The molecule has 0 bridgehead atoms. The molecule has 0 unspecified atom stereocenters. The average molecular weight is 252 g/mol.